The van der Waals surface area contributed by atoms with Crippen molar-refractivity contribution in [3.05, 3.63) is 64.7 Å². The van der Waals surface area contributed by atoms with Crippen LogP contribution in [0.5, 0.6) is 5.75 Å². The molecule has 0 heterocycles. The number of methoxy groups -OCH3 is 1. The van der Waals surface area contributed by atoms with Crippen LogP contribution < -0.4 is 10.1 Å². The maximum atomic E-state index is 6.24. The van der Waals surface area contributed by atoms with E-state index in [9.17, 15) is 0 Å². The first-order chi connectivity index (χ1) is 9.63. The van der Waals surface area contributed by atoms with E-state index in [1.54, 1.807) is 7.11 Å². The Kier molecular flexibility index (Phi) is 5.05. The molecule has 0 bridgehead atoms. The van der Waals surface area contributed by atoms with E-state index in [-0.39, 0.29) is 12.1 Å². The Morgan fingerprint density at radius 1 is 0.900 bits per heavy atom. The van der Waals surface area contributed by atoms with Gasteiger partial charge in [0.1, 0.15) is 5.75 Å². The fourth-order valence-electron chi connectivity index (χ4n) is 2.40. The highest BCUT2D eigenvalue weighted by Crippen LogP contribution is 2.28. The molecule has 2 aromatic carbocycles. The molecule has 0 aliphatic heterocycles. The van der Waals surface area contributed by atoms with Gasteiger partial charge in [-0.1, -0.05) is 48.0 Å². The van der Waals surface area contributed by atoms with Gasteiger partial charge in [0.15, 0.2) is 0 Å². The monoisotopic (exact) mass is 289 g/mol. The molecular weight excluding hydrogens is 270 g/mol. The number of benzene rings is 2. The van der Waals surface area contributed by atoms with E-state index in [0.29, 0.717) is 0 Å². The first kappa shape index (κ1) is 14.9. The van der Waals surface area contributed by atoms with E-state index in [4.69, 9.17) is 16.3 Å². The van der Waals surface area contributed by atoms with Gasteiger partial charge in [-0.15, -0.1) is 0 Å². The Hall–Kier alpha value is -1.51. The number of nitrogens with one attached hydrogen (secondary N) is 1. The van der Waals surface area contributed by atoms with Crippen LogP contribution in [0.1, 0.15) is 37.1 Å². The summed E-state index contributed by atoms with van der Waals surface area (Å²) in [6.45, 7) is 4.25. The van der Waals surface area contributed by atoms with E-state index in [1.807, 2.05) is 36.4 Å². The molecule has 0 fully saturated rings. The SMILES string of the molecule is COc1ccccc1[C@@H](C)NC(C)c1ccccc1Cl. The van der Waals surface area contributed by atoms with Crippen molar-refractivity contribution < 1.29 is 4.74 Å². The van der Waals surface area contributed by atoms with E-state index in [1.165, 1.54) is 0 Å². The summed E-state index contributed by atoms with van der Waals surface area (Å²) in [5.74, 6) is 0.902. The summed E-state index contributed by atoms with van der Waals surface area (Å²) in [4.78, 5) is 0. The minimum absolute atomic E-state index is 0.170. The van der Waals surface area contributed by atoms with Crippen LogP contribution in [0.4, 0.5) is 0 Å². The molecule has 3 heteroatoms. The zero-order valence-corrected chi connectivity index (χ0v) is 12.8. The molecule has 2 aromatic rings. The molecular formula is C17H20ClNO. The molecule has 0 amide bonds. The van der Waals surface area contributed by atoms with Crippen molar-refractivity contribution >= 4 is 11.6 Å². The molecule has 0 saturated carbocycles. The number of hydrogen-bond acceptors (Lipinski definition) is 2. The van der Waals surface area contributed by atoms with Crippen LogP contribution in [-0.2, 0) is 0 Å². The number of rotatable bonds is 5. The molecule has 0 saturated heterocycles. The summed E-state index contributed by atoms with van der Waals surface area (Å²) >= 11 is 6.24. The highest BCUT2D eigenvalue weighted by Gasteiger charge is 2.15. The normalized spacial score (nSPS) is 13.8. The van der Waals surface area contributed by atoms with Crippen molar-refractivity contribution in [2.45, 2.75) is 25.9 Å². The van der Waals surface area contributed by atoms with Gasteiger partial charge < -0.3 is 10.1 Å². The lowest BCUT2D eigenvalue weighted by atomic mass is 10.0. The third-order valence-electron chi connectivity index (χ3n) is 3.48. The van der Waals surface area contributed by atoms with Crippen LogP contribution in [0, 0.1) is 0 Å². The van der Waals surface area contributed by atoms with Gasteiger partial charge in [0.05, 0.1) is 7.11 Å². The maximum Gasteiger partial charge on any atom is 0.123 e. The van der Waals surface area contributed by atoms with Crippen LogP contribution in [0.15, 0.2) is 48.5 Å². The summed E-state index contributed by atoms with van der Waals surface area (Å²) in [6.07, 6.45) is 0. The molecule has 0 radical (unpaired) electrons. The zero-order chi connectivity index (χ0) is 14.5. The molecule has 106 valence electrons. The average Bonchev–Trinajstić information content (AvgIpc) is 2.47. The van der Waals surface area contributed by atoms with Crippen LogP contribution in [0.25, 0.3) is 0 Å². The van der Waals surface area contributed by atoms with Gasteiger partial charge in [-0.25, -0.2) is 0 Å². The number of para-hydroxylation sites is 1. The van der Waals surface area contributed by atoms with Crippen LogP contribution in [0.3, 0.4) is 0 Å². The van der Waals surface area contributed by atoms with Crippen molar-refractivity contribution in [2.24, 2.45) is 0 Å². The maximum absolute atomic E-state index is 6.24. The van der Waals surface area contributed by atoms with Crippen molar-refractivity contribution in [1.29, 1.82) is 0 Å². The predicted molar refractivity (Wildman–Crippen MR) is 84.4 cm³/mol. The second-order valence-corrected chi connectivity index (χ2v) is 5.28. The molecule has 2 nitrogen and oxygen atoms in total. The van der Waals surface area contributed by atoms with Gasteiger partial charge in [-0.3, -0.25) is 0 Å². The quantitative estimate of drug-likeness (QED) is 0.857. The Morgan fingerprint density at radius 2 is 1.45 bits per heavy atom. The van der Waals surface area contributed by atoms with Gasteiger partial charge in [-0.05, 0) is 31.5 Å². The van der Waals surface area contributed by atoms with Gasteiger partial charge in [0, 0.05) is 22.7 Å². The molecule has 2 rings (SSSR count). The van der Waals surface area contributed by atoms with Gasteiger partial charge >= 0.3 is 0 Å². The minimum Gasteiger partial charge on any atom is -0.496 e. The Labute approximate surface area is 125 Å². The first-order valence-corrected chi connectivity index (χ1v) is 7.14. The van der Waals surface area contributed by atoms with Crippen LogP contribution in [0.2, 0.25) is 5.02 Å². The van der Waals surface area contributed by atoms with E-state index >= 15 is 0 Å². The summed E-state index contributed by atoms with van der Waals surface area (Å²) < 4.78 is 5.41. The summed E-state index contributed by atoms with van der Waals surface area (Å²) in [5, 5.41) is 4.35. The van der Waals surface area contributed by atoms with Crippen molar-refractivity contribution in [3.8, 4) is 5.75 Å². The lowest BCUT2D eigenvalue weighted by Gasteiger charge is -2.23. The van der Waals surface area contributed by atoms with E-state index in [2.05, 4.69) is 31.3 Å². The number of ether oxygens (including phenoxy) is 1. The molecule has 0 spiro atoms. The van der Waals surface area contributed by atoms with Crippen LogP contribution in [-0.4, -0.2) is 7.11 Å². The molecule has 0 aliphatic carbocycles. The van der Waals surface area contributed by atoms with E-state index in [0.717, 1.165) is 21.9 Å². The van der Waals surface area contributed by atoms with Gasteiger partial charge in [-0.2, -0.15) is 0 Å². The van der Waals surface area contributed by atoms with Crippen LogP contribution >= 0.6 is 11.6 Å². The summed E-state index contributed by atoms with van der Waals surface area (Å²) in [7, 11) is 1.70. The first-order valence-electron chi connectivity index (χ1n) is 6.77. The Balaban J connectivity index is 2.15. The van der Waals surface area contributed by atoms with Crippen molar-refractivity contribution in [3.63, 3.8) is 0 Å². The van der Waals surface area contributed by atoms with Gasteiger partial charge in [0.2, 0.25) is 0 Å². The van der Waals surface area contributed by atoms with E-state index < -0.39 is 0 Å². The Bertz CT molecular complexity index is 570. The fourth-order valence-corrected chi connectivity index (χ4v) is 2.70. The lowest BCUT2D eigenvalue weighted by Crippen LogP contribution is -2.23. The largest absolute Gasteiger partial charge is 0.496 e. The predicted octanol–water partition coefficient (Wildman–Crippen LogP) is 4.76. The highest BCUT2D eigenvalue weighted by molar-refractivity contribution is 6.31. The third kappa shape index (κ3) is 3.33. The molecule has 1 unspecified atom stereocenters. The number of hydrogen-bond donors (Lipinski definition) is 1. The minimum atomic E-state index is 0.170. The molecule has 0 aromatic heterocycles. The lowest BCUT2D eigenvalue weighted by molar-refractivity contribution is 0.396. The smallest absolute Gasteiger partial charge is 0.123 e. The third-order valence-corrected chi connectivity index (χ3v) is 3.82. The Morgan fingerprint density at radius 3 is 2.10 bits per heavy atom. The molecule has 20 heavy (non-hydrogen) atoms. The standard InChI is InChI=1S/C17H20ClNO/c1-12(14-8-4-6-10-16(14)18)19-13(2)15-9-5-7-11-17(15)20-3/h4-13,19H,1-3H3/t12?,13-/m1/s1. The van der Waals surface area contributed by atoms with Gasteiger partial charge in [0.25, 0.3) is 0 Å². The van der Waals surface area contributed by atoms with Crippen molar-refractivity contribution in [1.82, 2.24) is 5.32 Å². The second-order valence-electron chi connectivity index (χ2n) is 4.87. The number of halogens is 1. The second kappa shape index (κ2) is 6.78. The molecule has 2 atom stereocenters. The molecule has 1 N–H and O–H groups in total. The van der Waals surface area contributed by atoms with Crippen molar-refractivity contribution in [2.75, 3.05) is 7.11 Å². The summed E-state index contributed by atoms with van der Waals surface area (Å²) in [6, 6.07) is 16.3. The zero-order valence-electron chi connectivity index (χ0n) is 12.1. The molecule has 0 aliphatic rings. The highest BCUT2D eigenvalue weighted by atomic mass is 35.5. The topological polar surface area (TPSA) is 21.3 Å². The average molecular weight is 290 g/mol. The summed E-state index contributed by atoms with van der Waals surface area (Å²) in [5.41, 5.74) is 2.25. The fraction of sp³-hybridized carbons (Fsp3) is 0.294.